The zero-order valence-electron chi connectivity index (χ0n) is 6.09. The molecule has 0 atom stereocenters. The summed E-state index contributed by atoms with van der Waals surface area (Å²) in [6, 6.07) is 0. The van der Waals surface area contributed by atoms with Crippen LogP contribution in [-0.4, -0.2) is 11.7 Å². The maximum Gasteiger partial charge on any atom is 0.0644 e. The molecule has 0 heterocycles. The largest absolute Gasteiger partial charge is 0.392 e. The molecular weight excluding hydrogens is 112 g/mol. The molecule has 0 radical (unpaired) electrons. The molecule has 0 fully saturated rings. The van der Waals surface area contributed by atoms with Crippen LogP contribution in [0.25, 0.3) is 0 Å². The summed E-state index contributed by atoms with van der Waals surface area (Å²) in [7, 11) is 0. The van der Waals surface area contributed by atoms with Crippen molar-refractivity contribution in [3.05, 3.63) is 23.8 Å². The van der Waals surface area contributed by atoms with Crippen LogP contribution in [0.5, 0.6) is 0 Å². The maximum absolute atomic E-state index is 8.65. The van der Waals surface area contributed by atoms with Crippen LogP contribution in [0, 0.1) is 0 Å². The summed E-state index contributed by atoms with van der Waals surface area (Å²) in [6.07, 6.45) is 6.84. The molecule has 0 aliphatic carbocycles. The SMILES string of the molecule is CC=CCC(=CC)CO. The third-order valence-corrected chi connectivity index (χ3v) is 1.23. The Morgan fingerprint density at radius 3 is 2.44 bits per heavy atom. The van der Waals surface area contributed by atoms with Gasteiger partial charge in [-0.2, -0.15) is 0 Å². The number of hydrogen-bond donors (Lipinski definition) is 1. The summed E-state index contributed by atoms with van der Waals surface area (Å²) >= 11 is 0. The number of allylic oxidation sites excluding steroid dienone is 3. The van der Waals surface area contributed by atoms with Gasteiger partial charge in [0.15, 0.2) is 0 Å². The van der Waals surface area contributed by atoms with Crippen LogP contribution in [0.15, 0.2) is 23.8 Å². The zero-order chi connectivity index (χ0) is 7.11. The Labute approximate surface area is 56.7 Å². The van der Waals surface area contributed by atoms with E-state index < -0.39 is 0 Å². The van der Waals surface area contributed by atoms with Crippen molar-refractivity contribution in [1.82, 2.24) is 0 Å². The van der Waals surface area contributed by atoms with Gasteiger partial charge in [-0.3, -0.25) is 0 Å². The zero-order valence-corrected chi connectivity index (χ0v) is 6.09. The van der Waals surface area contributed by atoms with Crippen LogP contribution in [0.3, 0.4) is 0 Å². The van der Waals surface area contributed by atoms with E-state index in [1.807, 2.05) is 32.1 Å². The molecule has 52 valence electrons. The molecule has 0 aromatic heterocycles. The fourth-order valence-electron chi connectivity index (χ4n) is 0.543. The van der Waals surface area contributed by atoms with Gasteiger partial charge in [-0.25, -0.2) is 0 Å². The van der Waals surface area contributed by atoms with Crippen molar-refractivity contribution in [2.45, 2.75) is 20.3 Å². The van der Waals surface area contributed by atoms with Gasteiger partial charge in [0.25, 0.3) is 0 Å². The molecule has 0 aliphatic rings. The highest BCUT2D eigenvalue weighted by atomic mass is 16.3. The monoisotopic (exact) mass is 126 g/mol. The summed E-state index contributed by atoms with van der Waals surface area (Å²) in [5, 5.41) is 8.65. The van der Waals surface area contributed by atoms with Gasteiger partial charge in [0.05, 0.1) is 6.61 Å². The van der Waals surface area contributed by atoms with Crippen LogP contribution < -0.4 is 0 Å². The molecule has 0 aromatic rings. The minimum Gasteiger partial charge on any atom is -0.392 e. The quantitative estimate of drug-likeness (QED) is 0.572. The Morgan fingerprint density at radius 1 is 1.44 bits per heavy atom. The van der Waals surface area contributed by atoms with Crippen molar-refractivity contribution in [1.29, 1.82) is 0 Å². The van der Waals surface area contributed by atoms with Gasteiger partial charge in [0.2, 0.25) is 0 Å². The highest BCUT2D eigenvalue weighted by Gasteiger charge is 1.86. The molecule has 1 nitrogen and oxygen atoms in total. The second kappa shape index (κ2) is 5.57. The van der Waals surface area contributed by atoms with Crippen LogP contribution in [0.4, 0.5) is 0 Å². The summed E-state index contributed by atoms with van der Waals surface area (Å²) in [5.74, 6) is 0. The third-order valence-electron chi connectivity index (χ3n) is 1.23. The Bertz CT molecular complexity index is 112. The van der Waals surface area contributed by atoms with E-state index in [4.69, 9.17) is 5.11 Å². The summed E-state index contributed by atoms with van der Waals surface area (Å²) in [5.41, 5.74) is 1.08. The molecule has 0 amide bonds. The molecule has 0 saturated heterocycles. The number of rotatable bonds is 3. The molecule has 0 bridgehead atoms. The lowest BCUT2D eigenvalue weighted by Gasteiger charge is -1.94. The summed E-state index contributed by atoms with van der Waals surface area (Å²) < 4.78 is 0. The second-order valence-electron chi connectivity index (χ2n) is 1.88. The van der Waals surface area contributed by atoms with Crippen molar-refractivity contribution in [3.63, 3.8) is 0 Å². The molecular formula is C8H14O. The van der Waals surface area contributed by atoms with Crippen LogP contribution in [0.2, 0.25) is 0 Å². The van der Waals surface area contributed by atoms with E-state index in [-0.39, 0.29) is 6.61 Å². The normalized spacial score (nSPS) is 13.0. The smallest absolute Gasteiger partial charge is 0.0644 e. The lowest BCUT2D eigenvalue weighted by molar-refractivity contribution is 0.328. The highest BCUT2D eigenvalue weighted by Crippen LogP contribution is 1.99. The first-order chi connectivity index (χ1) is 4.35. The molecule has 1 N–H and O–H groups in total. The Morgan fingerprint density at radius 2 is 2.11 bits per heavy atom. The van der Waals surface area contributed by atoms with E-state index in [1.54, 1.807) is 0 Å². The number of aliphatic hydroxyl groups is 1. The van der Waals surface area contributed by atoms with E-state index in [0.29, 0.717) is 0 Å². The first-order valence-corrected chi connectivity index (χ1v) is 3.21. The van der Waals surface area contributed by atoms with E-state index in [9.17, 15) is 0 Å². The molecule has 0 rings (SSSR count). The predicted octanol–water partition coefficient (Wildman–Crippen LogP) is 1.89. The van der Waals surface area contributed by atoms with Crippen molar-refractivity contribution >= 4 is 0 Å². The summed E-state index contributed by atoms with van der Waals surface area (Å²) in [6.45, 7) is 4.10. The fraction of sp³-hybridized carbons (Fsp3) is 0.500. The Kier molecular flexibility index (Phi) is 5.23. The summed E-state index contributed by atoms with van der Waals surface area (Å²) in [4.78, 5) is 0. The van der Waals surface area contributed by atoms with E-state index in [0.717, 1.165) is 12.0 Å². The topological polar surface area (TPSA) is 20.2 Å². The van der Waals surface area contributed by atoms with Gasteiger partial charge in [-0.05, 0) is 25.8 Å². The molecule has 0 aromatic carbocycles. The van der Waals surface area contributed by atoms with Crippen molar-refractivity contribution in [2.24, 2.45) is 0 Å². The lowest BCUT2D eigenvalue weighted by atomic mass is 10.2. The molecule has 9 heavy (non-hydrogen) atoms. The molecule has 0 saturated carbocycles. The number of hydrogen-bond acceptors (Lipinski definition) is 1. The Hall–Kier alpha value is -0.560. The maximum atomic E-state index is 8.65. The minimum absolute atomic E-state index is 0.181. The second-order valence-corrected chi connectivity index (χ2v) is 1.88. The van der Waals surface area contributed by atoms with Crippen molar-refractivity contribution in [2.75, 3.05) is 6.61 Å². The average Bonchev–Trinajstić information content (AvgIpc) is 1.91. The van der Waals surface area contributed by atoms with E-state index in [1.165, 1.54) is 0 Å². The average molecular weight is 126 g/mol. The van der Waals surface area contributed by atoms with Crippen LogP contribution >= 0.6 is 0 Å². The van der Waals surface area contributed by atoms with Crippen molar-refractivity contribution < 1.29 is 5.11 Å². The van der Waals surface area contributed by atoms with Crippen LogP contribution in [-0.2, 0) is 0 Å². The molecule has 0 unspecified atom stereocenters. The lowest BCUT2D eigenvalue weighted by Crippen LogP contribution is -1.86. The fourth-order valence-corrected chi connectivity index (χ4v) is 0.543. The van der Waals surface area contributed by atoms with Gasteiger partial charge < -0.3 is 5.11 Å². The molecule has 0 spiro atoms. The highest BCUT2D eigenvalue weighted by molar-refractivity contribution is 5.05. The first-order valence-electron chi connectivity index (χ1n) is 3.21. The van der Waals surface area contributed by atoms with Crippen molar-refractivity contribution in [3.8, 4) is 0 Å². The number of aliphatic hydroxyl groups excluding tert-OH is 1. The Balaban J connectivity index is 3.58. The minimum atomic E-state index is 0.181. The van der Waals surface area contributed by atoms with Gasteiger partial charge in [0.1, 0.15) is 0 Å². The van der Waals surface area contributed by atoms with E-state index >= 15 is 0 Å². The molecule has 0 aliphatic heterocycles. The standard InChI is InChI=1S/C8H14O/c1-3-5-6-8(4-2)7-9/h3-5,9H,6-7H2,1-2H3. The van der Waals surface area contributed by atoms with Gasteiger partial charge in [-0.1, -0.05) is 18.2 Å². The van der Waals surface area contributed by atoms with Gasteiger partial charge >= 0.3 is 0 Å². The van der Waals surface area contributed by atoms with Crippen LogP contribution in [0.1, 0.15) is 20.3 Å². The van der Waals surface area contributed by atoms with Gasteiger partial charge in [0, 0.05) is 0 Å². The molecule has 1 heteroatoms. The first kappa shape index (κ1) is 8.44. The predicted molar refractivity (Wildman–Crippen MR) is 40.3 cm³/mol. The van der Waals surface area contributed by atoms with E-state index in [2.05, 4.69) is 0 Å². The third kappa shape index (κ3) is 3.98. The van der Waals surface area contributed by atoms with Gasteiger partial charge in [-0.15, -0.1) is 0 Å².